The lowest BCUT2D eigenvalue weighted by atomic mass is 9.90. The maximum Gasteiger partial charge on any atom is 0.123 e. The van der Waals surface area contributed by atoms with Crippen LogP contribution in [-0.2, 0) is 0 Å². The van der Waals surface area contributed by atoms with Crippen molar-refractivity contribution >= 4 is 11.6 Å². The maximum atomic E-state index is 13.6. The molecule has 2 rings (SSSR count). The van der Waals surface area contributed by atoms with E-state index in [2.05, 4.69) is 19.2 Å². The van der Waals surface area contributed by atoms with Gasteiger partial charge in [-0.3, -0.25) is 0 Å². The third-order valence-corrected chi connectivity index (χ3v) is 4.88. The molecule has 1 aliphatic carbocycles. The van der Waals surface area contributed by atoms with Gasteiger partial charge in [0.25, 0.3) is 0 Å². The minimum absolute atomic E-state index is 0.190. The van der Waals surface area contributed by atoms with Crippen LogP contribution in [0.2, 0.25) is 5.02 Å². The van der Waals surface area contributed by atoms with Crippen molar-refractivity contribution in [1.29, 1.82) is 0 Å². The van der Waals surface area contributed by atoms with Gasteiger partial charge in [-0.15, -0.1) is 0 Å². The number of rotatable bonds is 6. The molecular weight excluding hydrogens is 273 g/mol. The molecule has 20 heavy (non-hydrogen) atoms. The van der Waals surface area contributed by atoms with Crippen LogP contribution in [0.5, 0.6) is 0 Å². The van der Waals surface area contributed by atoms with E-state index in [-0.39, 0.29) is 11.9 Å². The Balaban J connectivity index is 2.20. The summed E-state index contributed by atoms with van der Waals surface area (Å²) in [6.45, 7) is 5.36. The molecule has 0 radical (unpaired) electrons. The van der Waals surface area contributed by atoms with Crippen molar-refractivity contribution in [3.8, 4) is 0 Å². The van der Waals surface area contributed by atoms with Gasteiger partial charge in [0.05, 0.1) is 0 Å². The Kier molecular flexibility index (Phi) is 5.86. The smallest absolute Gasteiger partial charge is 0.123 e. The van der Waals surface area contributed by atoms with Gasteiger partial charge in [-0.05, 0) is 61.4 Å². The van der Waals surface area contributed by atoms with Gasteiger partial charge in [0.15, 0.2) is 0 Å². The first-order valence-electron chi connectivity index (χ1n) is 7.84. The lowest BCUT2D eigenvalue weighted by molar-refractivity contribution is 0.353. The fourth-order valence-corrected chi connectivity index (χ4v) is 3.61. The molecule has 1 aromatic rings. The van der Waals surface area contributed by atoms with Gasteiger partial charge in [0, 0.05) is 11.1 Å². The molecule has 1 aliphatic rings. The van der Waals surface area contributed by atoms with Gasteiger partial charge in [0.1, 0.15) is 5.82 Å². The Labute approximate surface area is 126 Å². The fraction of sp³-hybridized carbons (Fsp3) is 0.647. The monoisotopic (exact) mass is 297 g/mol. The Morgan fingerprint density at radius 1 is 1.35 bits per heavy atom. The topological polar surface area (TPSA) is 12.0 Å². The van der Waals surface area contributed by atoms with E-state index in [1.54, 1.807) is 12.1 Å². The maximum absolute atomic E-state index is 13.6. The highest BCUT2D eigenvalue weighted by Crippen LogP contribution is 2.42. The molecule has 1 fully saturated rings. The Bertz CT molecular complexity index is 435. The van der Waals surface area contributed by atoms with Gasteiger partial charge in [-0.1, -0.05) is 38.3 Å². The highest BCUT2D eigenvalue weighted by atomic mass is 35.5. The molecule has 0 aromatic heterocycles. The van der Waals surface area contributed by atoms with Gasteiger partial charge in [-0.25, -0.2) is 4.39 Å². The molecule has 3 heteroatoms. The normalized spacial score (nSPS) is 24.0. The number of benzene rings is 1. The minimum atomic E-state index is -0.197. The van der Waals surface area contributed by atoms with E-state index < -0.39 is 0 Å². The van der Waals surface area contributed by atoms with Crippen LogP contribution < -0.4 is 5.32 Å². The van der Waals surface area contributed by atoms with Crippen molar-refractivity contribution < 1.29 is 4.39 Å². The van der Waals surface area contributed by atoms with Crippen LogP contribution >= 0.6 is 11.6 Å². The molecule has 0 amide bonds. The molecule has 3 atom stereocenters. The van der Waals surface area contributed by atoms with Crippen molar-refractivity contribution in [3.05, 3.63) is 34.6 Å². The molecule has 0 bridgehead atoms. The zero-order valence-electron chi connectivity index (χ0n) is 12.5. The predicted octanol–water partition coefficient (Wildman–Crippen LogP) is 5.35. The van der Waals surface area contributed by atoms with Crippen LogP contribution in [0.3, 0.4) is 0 Å². The van der Waals surface area contributed by atoms with E-state index in [1.165, 1.54) is 31.7 Å². The van der Waals surface area contributed by atoms with E-state index in [1.807, 2.05) is 0 Å². The van der Waals surface area contributed by atoms with Crippen molar-refractivity contribution in [2.45, 2.75) is 52.0 Å². The zero-order valence-corrected chi connectivity index (χ0v) is 13.2. The summed E-state index contributed by atoms with van der Waals surface area (Å²) in [6, 6.07) is 4.91. The molecule has 0 heterocycles. The standard InChI is InChI=1S/C17H25ClFN/c1-3-9-20-17(13-6-5-12(4-2)10-13)15-11-14(19)7-8-16(15)18/h7-8,11-13,17,20H,3-6,9-10H2,1-2H3. The fourth-order valence-electron chi connectivity index (χ4n) is 3.37. The molecule has 0 aliphatic heterocycles. The summed E-state index contributed by atoms with van der Waals surface area (Å²) in [7, 11) is 0. The summed E-state index contributed by atoms with van der Waals surface area (Å²) in [4.78, 5) is 0. The molecule has 0 spiro atoms. The van der Waals surface area contributed by atoms with Crippen LogP contribution in [0.25, 0.3) is 0 Å². The third kappa shape index (κ3) is 3.73. The van der Waals surface area contributed by atoms with Crippen molar-refractivity contribution in [1.82, 2.24) is 5.32 Å². The van der Waals surface area contributed by atoms with Crippen molar-refractivity contribution in [2.75, 3.05) is 6.54 Å². The van der Waals surface area contributed by atoms with E-state index in [4.69, 9.17) is 11.6 Å². The van der Waals surface area contributed by atoms with Crippen LogP contribution in [0.15, 0.2) is 18.2 Å². The van der Waals surface area contributed by atoms with E-state index in [0.717, 1.165) is 24.4 Å². The second kappa shape index (κ2) is 7.42. The largest absolute Gasteiger partial charge is 0.310 e. The van der Waals surface area contributed by atoms with Gasteiger partial charge in [0.2, 0.25) is 0 Å². The first-order chi connectivity index (χ1) is 9.65. The highest BCUT2D eigenvalue weighted by Gasteiger charge is 2.31. The average molecular weight is 298 g/mol. The minimum Gasteiger partial charge on any atom is -0.310 e. The summed E-state index contributed by atoms with van der Waals surface area (Å²) in [5.74, 6) is 1.20. The van der Waals surface area contributed by atoms with Gasteiger partial charge >= 0.3 is 0 Å². The summed E-state index contributed by atoms with van der Waals surface area (Å²) in [5.41, 5.74) is 0.932. The second-order valence-corrected chi connectivity index (χ2v) is 6.35. The lowest BCUT2D eigenvalue weighted by Crippen LogP contribution is -2.28. The molecule has 1 nitrogen and oxygen atoms in total. The Morgan fingerprint density at radius 2 is 2.15 bits per heavy atom. The molecule has 1 N–H and O–H groups in total. The molecule has 112 valence electrons. The van der Waals surface area contributed by atoms with Crippen LogP contribution in [0, 0.1) is 17.7 Å². The molecular formula is C17H25ClFN. The lowest BCUT2D eigenvalue weighted by Gasteiger charge is -2.26. The zero-order chi connectivity index (χ0) is 14.5. The van der Waals surface area contributed by atoms with E-state index >= 15 is 0 Å². The summed E-state index contributed by atoms with van der Waals surface area (Å²) >= 11 is 6.31. The van der Waals surface area contributed by atoms with E-state index in [0.29, 0.717) is 10.9 Å². The highest BCUT2D eigenvalue weighted by molar-refractivity contribution is 6.31. The van der Waals surface area contributed by atoms with E-state index in [9.17, 15) is 4.39 Å². The predicted molar refractivity (Wildman–Crippen MR) is 83.6 cm³/mol. The number of hydrogen-bond acceptors (Lipinski definition) is 1. The summed E-state index contributed by atoms with van der Waals surface area (Å²) < 4.78 is 13.6. The molecule has 1 aromatic carbocycles. The number of nitrogens with one attached hydrogen (secondary N) is 1. The molecule has 3 unspecified atom stereocenters. The van der Waals surface area contributed by atoms with Crippen LogP contribution in [-0.4, -0.2) is 6.54 Å². The van der Waals surface area contributed by atoms with Crippen molar-refractivity contribution in [2.24, 2.45) is 11.8 Å². The Hall–Kier alpha value is -0.600. The Morgan fingerprint density at radius 3 is 2.80 bits per heavy atom. The summed E-state index contributed by atoms with van der Waals surface area (Å²) in [5, 5.41) is 4.27. The van der Waals surface area contributed by atoms with Gasteiger partial charge in [-0.2, -0.15) is 0 Å². The second-order valence-electron chi connectivity index (χ2n) is 5.95. The van der Waals surface area contributed by atoms with Crippen LogP contribution in [0.4, 0.5) is 4.39 Å². The SMILES string of the molecule is CCCNC(c1cc(F)ccc1Cl)C1CCC(CC)C1. The third-order valence-electron chi connectivity index (χ3n) is 4.54. The van der Waals surface area contributed by atoms with Gasteiger partial charge < -0.3 is 5.32 Å². The molecule has 1 saturated carbocycles. The first kappa shape index (κ1) is 15.8. The number of hydrogen-bond donors (Lipinski definition) is 1. The quantitative estimate of drug-likeness (QED) is 0.746. The first-order valence-corrected chi connectivity index (χ1v) is 8.21. The number of halogens is 2. The molecule has 0 saturated heterocycles. The average Bonchev–Trinajstić information content (AvgIpc) is 2.92. The van der Waals surface area contributed by atoms with Crippen LogP contribution in [0.1, 0.15) is 57.6 Å². The van der Waals surface area contributed by atoms with Crippen molar-refractivity contribution in [3.63, 3.8) is 0 Å². The summed E-state index contributed by atoms with van der Waals surface area (Å²) in [6.07, 6.45) is 6.05.